The third kappa shape index (κ3) is 5.23. The van der Waals surface area contributed by atoms with E-state index in [0.717, 1.165) is 4.90 Å². The Morgan fingerprint density at radius 1 is 1.42 bits per heavy atom. The van der Waals surface area contributed by atoms with Gasteiger partial charge in [0.25, 0.3) is 0 Å². The van der Waals surface area contributed by atoms with Gasteiger partial charge in [0.2, 0.25) is 0 Å². The minimum Gasteiger partial charge on any atom is -0.445 e. The molecule has 1 amide bonds. The average molecular weight is 284 g/mol. The van der Waals surface area contributed by atoms with Gasteiger partial charge in [0, 0.05) is 13.1 Å². The number of halogens is 3. The van der Waals surface area contributed by atoms with Crippen molar-refractivity contribution in [1.82, 2.24) is 4.90 Å². The number of carbonyl (C=O) groups excluding carboxylic acids is 1. The van der Waals surface area contributed by atoms with E-state index < -0.39 is 30.0 Å². The van der Waals surface area contributed by atoms with Gasteiger partial charge < -0.3 is 15.6 Å². The Morgan fingerprint density at radius 2 is 2.00 bits per heavy atom. The molecule has 1 fully saturated rings. The molecule has 3 N–H and O–H groups in total. The van der Waals surface area contributed by atoms with Gasteiger partial charge >= 0.3 is 12.3 Å². The molecule has 0 aromatic rings. The molecule has 2 unspecified atom stereocenters. The minimum absolute atomic E-state index is 0.0862. The molecule has 1 aliphatic heterocycles. The van der Waals surface area contributed by atoms with E-state index in [1.54, 1.807) is 0 Å². The third-order valence-corrected chi connectivity index (χ3v) is 2.89. The van der Waals surface area contributed by atoms with Crippen LogP contribution in [0.15, 0.2) is 0 Å². The largest absolute Gasteiger partial charge is 0.445 e. The number of alkyl halides is 3. The molecule has 112 valence electrons. The van der Waals surface area contributed by atoms with Crippen LogP contribution in [0.3, 0.4) is 0 Å². The molecule has 0 aromatic heterocycles. The number of β-amino-alcohol motifs (C(OH)–C–C–N with tert-alkyl or cyclic N) is 1. The Balaban J connectivity index is 2.77. The van der Waals surface area contributed by atoms with Crippen molar-refractivity contribution in [2.75, 3.05) is 13.1 Å². The Morgan fingerprint density at radius 3 is 2.42 bits per heavy atom. The Kier molecular flexibility index (Phi) is 4.67. The summed E-state index contributed by atoms with van der Waals surface area (Å²) in [6.07, 6.45) is -6.12. The third-order valence-electron chi connectivity index (χ3n) is 2.89. The minimum atomic E-state index is -4.37. The van der Waals surface area contributed by atoms with Gasteiger partial charge in [0.1, 0.15) is 12.1 Å². The highest BCUT2D eigenvalue weighted by Crippen LogP contribution is 2.33. The van der Waals surface area contributed by atoms with E-state index in [2.05, 4.69) is 0 Å². The first kappa shape index (κ1) is 16.0. The summed E-state index contributed by atoms with van der Waals surface area (Å²) in [6, 6.07) is -1.63. The van der Waals surface area contributed by atoms with Crippen molar-refractivity contribution in [1.29, 1.82) is 0 Å². The van der Waals surface area contributed by atoms with Crippen LogP contribution in [-0.2, 0) is 4.74 Å². The van der Waals surface area contributed by atoms with Crippen LogP contribution >= 0.6 is 0 Å². The first-order chi connectivity index (χ1) is 8.49. The van der Waals surface area contributed by atoms with Crippen LogP contribution in [0.2, 0.25) is 0 Å². The Labute approximate surface area is 109 Å². The van der Waals surface area contributed by atoms with Crippen molar-refractivity contribution >= 4 is 6.09 Å². The van der Waals surface area contributed by atoms with Crippen molar-refractivity contribution in [3.63, 3.8) is 0 Å². The summed E-state index contributed by atoms with van der Waals surface area (Å²) in [5, 5.41) is 9.68. The zero-order chi connectivity index (χ0) is 14.8. The second kappa shape index (κ2) is 5.54. The second-order valence-corrected chi connectivity index (χ2v) is 5.44. The summed E-state index contributed by atoms with van der Waals surface area (Å²) in [5.74, 6) is 0. The SMILES string of the molecule is CC(C)(O)CN1CC(OC(N)=O)CCC1C(F)(F)F. The highest BCUT2D eigenvalue weighted by atomic mass is 19.4. The lowest BCUT2D eigenvalue weighted by molar-refractivity contribution is -0.203. The van der Waals surface area contributed by atoms with Crippen molar-refractivity contribution < 1.29 is 27.8 Å². The number of nitrogens with zero attached hydrogens (tertiary/aromatic N) is 1. The number of piperidine rings is 1. The van der Waals surface area contributed by atoms with E-state index in [1.807, 2.05) is 0 Å². The Hall–Kier alpha value is -1.02. The molecule has 2 atom stereocenters. The van der Waals surface area contributed by atoms with Crippen LogP contribution in [0.1, 0.15) is 26.7 Å². The summed E-state index contributed by atoms with van der Waals surface area (Å²) in [6.45, 7) is 2.62. The van der Waals surface area contributed by atoms with Crippen molar-refractivity contribution in [2.24, 2.45) is 5.73 Å². The standard InChI is InChI=1S/C11H19F3N2O3/c1-10(2,18)6-16-5-7(19-9(15)17)3-4-8(16)11(12,13)14/h7-8,18H,3-6H2,1-2H3,(H2,15,17). The molecular formula is C11H19F3N2O3. The summed E-state index contributed by atoms with van der Waals surface area (Å²) in [4.78, 5) is 11.7. The summed E-state index contributed by atoms with van der Waals surface area (Å²) >= 11 is 0. The number of rotatable bonds is 3. The molecule has 1 aliphatic rings. The maximum Gasteiger partial charge on any atom is 0.404 e. The summed E-state index contributed by atoms with van der Waals surface area (Å²) < 4.78 is 43.4. The molecule has 1 saturated heterocycles. The van der Waals surface area contributed by atoms with Crippen molar-refractivity contribution in [3.8, 4) is 0 Å². The topological polar surface area (TPSA) is 75.8 Å². The fourth-order valence-electron chi connectivity index (χ4n) is 2.31. The average Bonchev–Trinajstić information content (AvgIpc) is 2.11. The van der Waals surface area contributed by atoms with E-state index >= 15 is 0 Å². The van der Waals surface area contributed by atoms with Crippen molar-refractivity contribution in [2.45, 2.75) is 50.6 Å². The second-order valence-electron chi connectivity index (χ2n) is 5.44. The number of primary amides is 1. The number of amides is 1. The number of aliphatic hydroxyl groups is 1. The molecule has 1 rings (SSSR count). The Bertz CT molecular complexity index is 328. The van der Waals surface area contributed by atoms with Gasteiger partial charge in [-0.1, -0.05) is 0 Å². The molecule has 1 heterocycles. The first-order valence-corrected chi connectivity index (χ1v) is 5.98. The molecule has 0 aliphatic carbocycles. The molecule has 5 nitrogen and oxygen atoms in total. The molecule has 8 heteroatoms. The quantitative estimate of drug-likeness (QED) is 0.817. The molecule has 0 saturated carbocycles. The fraction of sp³-hybridized carbons (Fsp3) is 0.909. The molecule has 0 spiro atoms. The first-order valence-electron chi connectivity index (χ1n) is 5.98. The summed E-state index contributed by atoms with van der Waals surface area (Å²) in [5.41, 5.74) is 3.60. The molecule has 0 aromatic carbocycles. The smallest absolute Gasteiger partial charge is 0.404 e. The molecule has 19 heavy (non-hydrogen) atoms. The maximum atomic E-state index is 12.9. The van der Waals surface area contributed by atoms with Gasteiger partial charge in [-0.2, -0.15) is 13.2 Å². The van der Waals surface area contributed by atoms with Crippen LogP contribution < -0.4 is 5.73 Å². The zero-order valence-corrected chi connectivity index (χ0v) is 10.9. The van der Waals surface area contributed by atoms with Crippen LogP contribution in [0, 0.1) is 0 Å². The van der Waals surface area contributed by atoms with Gasteiger partial charge in [-0.25, -0.2) is 4.79 Å². The summed E-state index contributed by atoms with van der Waals surface area (Å²) in [7, 11) is 0. The lowest BCUT2D eigenvalue weighted by Crippen LogP contribution is -2.56. The van der Waals surface area contributed by atoms with E-state index in [-0.39, 0.29) is 25.9 Å². The van der Waals surface area contributed by atoms with Crippen LogP contribution in [-0.4, -0.2) is 53.1 Å². The number of likely N-dealkylation sites (tertiary alicyclic amines) is 1. The highest BCUT2D eigenvalue weighted by Gasteiger charge is 2.47. The molecule has 0 bridgehead atoms. The van der Waals surface area contributed by atoms with Crippen molar-refractivity contribution in [3.05, 3.63) is 0 Å². The van der Waals surface area contributed by atoms with E-state index in [1.165, 1.54) is 13.8 Å². The fourth-order valence-corrected chi connectivity index (χ4v) is 2.31. The number of carbonyl (C=O) groups is 1. The number of nitrogens with two attached hydrogens (primary N) is 1. The highest BCUT2D eigenvalue weighted by molar-refractivity contribution is 5.64. The predicted octanol–water partition coefficient (Wildman–Crippen LogP) is 1.25. The van der Waals surface area contributed by atoms with Gasteiger partial charge in [0.15, 0.2) is 0 Å². The number of hydrogen-bond donors (Lipinski definition) is 2. The molecule has 0 radical (unpaired) electrons. The number of ether oxygens (including phenoxy) is 1. The molecular weight excluding hydrogens is 265 g/mol. The van der Waals surface area contributed by atoms with Crippen LogP contribution in [0.5, 0.6) is 0 Å². The van der Waals surface area contributed by atoms with Crippen LogP contribution in [0.4, 0.5) is 18.0 Å². The van der Waals surface area contributed by atoms with Gasteiger partial charge in [-0.3, -0.25) is 4.90 Å². The monoisotopic (exact) mass is 284 g/mol. The van der Waals surface area contributed by atoms with Gasteiger partial charge in [-0.15, -0.1) is 0 Å². The van der Waals surface area contributed by atoms with Gasteiger partial charge in [-0.05, 0) is 26.7 Å². The lowest BCUT2D eigenvalue weighted by atomic mass is 9.97. The maximum absolute atomic E-state index is 12.9. The van der Waals surface area contributed by atoms with Crippen LogP contribution in [0.25, 0.3) is 0 Å². The van der Waals surface area contributed by atoms with E-state index in [9.17, 15) is 23.1 Å². The van der Waals surface area contributed by atoms with Gasteiger partial charge in [0.05, 0.1) is 5.60 Å². The number of hydrogen-bond acceptors (Lipinski definition) is 4. The normalized spacial score (nSPS) is 26.2. The van der Waals surface area contributed by atoms with E-state index in [0.29, 0.717) is 0 Å². The predicted molar refractivity (Wildman–Crippen MR) is 61.4 cm³/mol. The van der Waals surface area contributed by atoms with E-state index in [4.69, 9.17) is 10.5 Å². The lowest BCUT2D eigenvalue weighted by Gasteiger charge is -2.41. The zero-order valence-electron chi connectivity index (χ0n) is 10.9.